The maximum atomic E-state index is 13.1. The largest absolute Gasteiger partial charge is 0.490 e. The number of para-hydroxylation sites is 1. The fourth-order valence-electron chi connectivity index (χ4n) is 3.41. The fraction of sp³-hybridized carbons (Fsp3) is 0.217. The summed E-state index contributed by atoms with van der Waals surface area (Å²) in [5.41, 5.74) is 3.74. The summed E-state index contributed by atoms with van der Waals surface area (Å²) in [5, 5.41) is 13.0. The first-order chi connectivity index (χ1) is 14.0. The number of thiophene rings is 1. The van der Waals surface area contributed by atoms with Crippen LogP contribution in [0.15, 0.2) is 65.0 Å². The van der Waals surface area contributed by atoms with Crippen LogP contribution in [0.25, 0.3) is 21.3 Å². The molecular weight excluding hydrogens is 384 g/mol. The minimum absolute atomic E-state index is 0.103. The van der Waals surface area contributed by atoms with Crippen LogP contribution in [-0.4, -0.2) is 27.4 Å². The van der Waals surface area contributed by atoms with E-state index in [-0.39, 0.29) is 18.7 Å². The lowest BCUT2D eigenvalue weighted by Crippen LogP contribution is -2.30. The molecule has 0 amide bonds. The van der Waals surface area contributed by atoms with E-state index in [1.165, 1.54) is 22.2 Å². The second kappa shape index (κ2) is 8.19. The topological polar surface area (TPSA) is 64.3 Å². The van der Waals surface area contributed by atoms with Crippen LogP contribution in [0.4, 0.5) is 0 Å². The molecule has 6 heteroatoms. The van der Waals surface area contributed by atoms with Gasteiger partial charge in [0, 0.05) is 10.9 Å². The molecule has 4 rings (SSSR count). The third-order valence-electron chi connectivity index (χ3n) is 4.88. The predicted octanol–water partition coefficient (Wildman–Crippen LogP) is 4.18. The molecular formula is C23H22N2O3S. The molecule has 2 heterocycles. The van der Waals surface area contributed by atoms with Gasteiger partial charge >= 0.3 is 0 Å². The van der Waals surface area contributed by atoms with E-state index in [2.05, 4.69) is 4.98 Å². The summed E-state index contributed by atoms with van der Waals surface area (Å²) in [5.74, 6) is 0.775. The van der Waals surface area contributed by atoms with Crippen LogP contribution >= 0.6 is 11.3 Å². The number of ether oxygens (including phenoxy) is 1. The zero-order valence-corrected chi connectivity index (χ0v) is 17.1. The minimum atomic E-state index is -0.829. The molecule has 0 bridgehead atoms. The van der Waals surface area contributed by atoms with Crippen molar-refractivity contribution in [3.05, 3.63) is 81.7 Å². The SMILES string of the molecule is Cc1cccc(C)c1OC[C@@H](O)Cn1cnc2scc(-c3ccccc3)c2c1=O. The van der Waals surface area contributed by atoms with Crippen LogP contribution in [0, 0.1) is 13.8 Å². The molecule has 0 unspecified atom stereocenters. The van der Waals surface area contributed by atoms with Gasteiger partial charge in [-0.25, -0.2) is 4.98 Å². The standard InChI is InChI=1S/C23H22N2O3S/c1-15-7-6-8-16(2)21(15)28-12-18(26)11-25-14-24-22-20(23(25)27)19(13-29-22)17-9-4-3-5-10-17/h3-10,13-14,18,26H,11-12H2,1-2H3/t18-/m0/s1. The van der Waals surface area contributed by atoms with E-state index in [1.54, 1.807) is 0 Å². The molecule has 2 aromatic heterocycles. The summed E-state index contributed by atoms with van der Waals surface area (Å²) < 4.78 is 7.28. The van der Waals surface area contributed by atoms with Crippen LogP contribution < -0.4 is 10.3 Å². The van der Waals surface area contributed by atoms with Crippen molar-refractivity contribution in [2.75, 3.05) is 6.61 Å². The molecule has 1 atom stereocenters. The quantitative estimate of drug-likeness (QED) is 0.522. The van der Waals surface area contributed by atoms with E-state index < -0.39 is 6.10 Å². The maximum Gasteiger partial charge on any atom is 0.262 e. The second-order valence-corrected chi connectivity index (χ2v) is 7.94. The van der Waals surface area contributed by atoms with Crippen molar-refractivity contribution in [2.45, 2.75) is 26.5 Å². The van der Waals surface area contributed by atoms with Gasteiger partial charge in [0.15, 0.2) is 0 Å². The van der Waals surface area contributed by atoms with Crippen LogP contribution in [-0.2, 0) is 6.54 Å². The van der Waals surface area contributed by atoms with Gasteiger partial charge in [-0.1, -0.05) is 48.5 Å². The number of benzene rings is 2. The molecule has 0 aliphatic carbocycles. The summed E-state index contributed by atoms with van der Waals surface area (Å²) in [7, 11) is 0. The number of hydrogen-bond donors (Lipinski definition) is 1. The highest BCUT2D eigenvalue weighted by Crippen LogP contribution is 2.30. The van der Waals surface area contributed by atoms with E-state index in [1.807, 2.05) is 67.8 Å². The lowest BCUT2D eigenvalue weighted by Gasteiger charge is -2.16. The maximum absolute atomic E-state index is 13.1. The van der Waals surface area contributed by atoms with Crippen molar-refractivity contribution in [1.82, 2.24) is 9.55 Å². The van der Waals surface area contributed by atoms with Crippen LogP contribution in [0.3, 0.4) is 0 Å². The Morgan fingerprint density at radius 2 is 1.83 bits per heavy atom. The average Bonchev–Trinajstić information content (AvgIpc) is 3.15. The lowest BCUT2D eigenvalue weighted by atomic mass is 10.1. The Morgan fingerprint density at radius 3 is 2.55 bits per heavy atom. The molecule has 29 heavy (non-hydrogen) atoms. The summed E-state index contributed by atoms with van der Waals surface area (Å²) in [6.07, 6.45) is 0.669. The molecule has 0 saturated heterocycles. The van der Waals surface area contributed by atoms with Gasteiger partial charge in [-0.3, -0.25) is 9.36 Å². The van der Waals surface area contributed by atoms with E-state index in [4.69, 9.17) is 4.74 Å². The zero-order valence-electron chi connectivity index (χ0n) is 16.3. The molecule has 0 saturated carbocycles. The number of aromatic nitrogens is 2. The Bertz CT molecular complexity index is 1180. The van der Waals surface area contributed by atoms with Crippen LogP contribution in [0.1, 0.15) is 11.1 Å². The Labute approximate surface area is 172 Å². The van der Waals surface area contributed by atoms with Gasteiger partial charge in [-0.2, -0.15) is 0 Å². The first-order valence-corrected chi connectivity index (χ1v) is 10.3. The first-order valence-electron chi connectivity index (χ1n) is 9.43. The van der Waals surface area contributed by atoms with Crippen LogP contribution in [0.5, 0.6) is 5.75 Å². The highest BCUT2D eigenvalue weighted by atomic mass is 32.1. The molecule has 5 nitrogen and oxygen atoms in total. The van der Waals surface area contributed by atoms with Crippen molar-refractivity contribution in [1.29, 1.82) is 0 Å². The van der Waals surface area contributed by atoms with Crippen molar-refractivity contribution < 1.29 is 9.84 Å². The molecule has 2 aromatic carbocycles. The molecule has 0 aliphatic heterocycles. The van der Waals surface area contributed by atoms with Gasteiger partial charge in [-0.15, -0.1) is 11.3 Å². The summed E-state index contributed by atoms with van der Waals surface area (Å²) in [4.78, 5) is 18.2. The lowest BCUT2D eigenvalue weighted by molar-refractivity contribution is 0.0908. The number of hydrogen-bond acceptors (Lipinski definition) is 5. The van der Waals surface area contributed by atoms with Gasteiger partial charge in [0.1, 0.15) is 23.3 Å². The van der Waals surface area contributed by atoms with Crippen LogP contribution in [0.2, 0.25) is 0 Å². The first kappa shape index (κ1) is 19.4. The highest BCUT2D eigenvalue weighted by Gasteiger charge is 2.15. The number of rotatable bonds is 6. The van der Waals surface area contributed by atoms with Crippen molar-refractivity contribution in [3.8, 4) is 16.9 Å². The molecule has 1 N–H and O–H groups in total. The summed E-state index contributed by atoms with van der Waals surface area (Å²) >= 11 is 1.45. The Kier molecular flexibility index (Phi) is 5.47. The van der Waals surface area contributed by atoms with Gasteiger partial charge in [0.25, 0.3) is 5.56 Å². The molecule has 0 radical (unpaired) electrons. The van der Waals surface area contributed by atoms with E-state index in [0.717, 1.165) is 28.0 Å². The Morgan fingerprint density at radius 1 is 1.10 bits per heavy atom. The fourth-order valence-corrected chi connectivity index (χ4v) is 4.32. The zero-order chi connectivity index (χ0) is 20.4. The van der Waals surface area contributed by atoms with E-state index in [9.17, 15) is 9.90 Å². The number of nitrogens with zero attached hydrogens (tertiary/aromatic N) is 2. The number of aliphatic hydroxyl groups is 1. The van der Waals surface area contributed by atoms with Crippen molar-refractivity contribution in [3.63, 3.8) is 0 Å². The average molecular weight is 407 g/mol. The Hall–Kier alpha value is -2.96. The number of aliphatic hydroxyl groups excluding tert-OH is 1. The highest BCUT2D eigenvalue weighted by molar-refractivity contribution is 7.17. The molecule has 0 spiro atoms. The van der Waals surface area contributed by atoms with Crippen molar-refractivity contribution >= 4 is 21.6 Å². The summed E-state index contributed by atoms with van der Waals surface area (Å²) in [6, 6.07) is 15.7. The van der Waals surface area contributed by atoms with Gasteiger partial charge in [0.05, 0.1) is 18.3 Å². The second-order valence-electron chi connectivity index (χ2n) is 7.08. The third-order valence-corrected chi connectivity index (χ3v) is 5.77. The molecule has 4 aromatic rings. The molecule has 0 fully saturated rings. The smallest absolute Gasteiger partial charge is 0.262 e. The number of aryl methyl sites for hydroxylation is 2. The van der Waals surface area contributed by atoms with Gasteiger partial charge in [0.2, 0.25) is 0 Å². The summed E-state index contributed by atoms with van der Waals surface area (Å²) in [6.45, 7) is 4.17. The molecule has 148 valence electrons. The van der Waals surface area contributed by atoms with E-state index in [0.29, 0.717) is 10.2 Å². The Balaban J connectivity index is 1.57. The third kappa shape index (κ3) is 3.95. The molecule has 0 aliphatic rings. The minimum Gasteiger partial charge on any atom is -0.490 e. The number of fused-ring (bicyclic) bond motifs is 1. The monoisotopic (exact) mass is 406 g/mol. The van der Waals surface area contributed by atoms with Gasteiger partial charge in [-0.05, 0) is 30.5 Å². The van der Waals surface area contributed by atoms with E-state index >= 15 is 0 Å². The van der Waals surface area contributed by atoms with Gasteiger partial charge < -0.3 is 9.84 Å². The van der Waals surface area contributed by atoms with Crippen molar-refractivity contribution in [2.24, 2.45) is 0 Å². The normalized spacial score (nSPS) is 12.2. The predicted molar refractivity (Wildman–Crippen MR) is 117 cm³/mol.